The van der Waals surface area contributed by atoms with Gasteiger partial charge in [0.05, 0.1) is 18.4 Å². The van der Waals surface area contributed by atoms with Crippen LogP contribution in [0.3, 0.4) is 0 Å². The topological polar surface area (TPSA) is 77.2 Å². The van der Waals surface area contributed by atoms with E-state index in [4.69, 9.17) is 5.73 Å². The van der Waals surface area contributed by atoms with Gasteiger partial charge in [-0.15, -0.1) is 0 Å². The molecular formula is C13H19N3O2. The normalized spacial score (nSPS) is 16.8. The van der Waals surface area contributed by atoms with Crippen molar-refractivity contribution in [1.82, 2.24) is 4.98 Å². The highest BCUT2D eigenvalue weighted by molar-refractivity contribution is 5.97. The number of nitrogens with zero attached hydrogens (tertiary/aromatic N) is 1. The molecule has 0 aromatic carbocycles. The van der Waals surface area contributed by atoms with E-state index in [2.05, 4.69) is 22.0 Å². The second-order valence-electron chi connectivity index (χ2n) is 4.74. The predicted octanol–water partition coefficient (Wildman–Crippen LogP) is 2.05. The first-order valence-corrected chi connectivity index (χ1v) is 6.22. The van der Waals surface area contributed by atoms with Gasteiger partial charge >= 0.3 is 5.97 Å². The molecule has 1 aliphatic rings. The van der Waals surface area contributed by atoms with E-state index >= 15 is 0 Å². The van der Waals surface area contributed by atoms with Crippen LogP contribution in [0, 0.1) is 5.92 Å². The molecule has 0 spiro atoms. The molecule has 0 bridgehead atoms. The predicted molar refractivity (Wildman–Crippen MR) is 70.4 cm³/mol. The molecule has 2 rings (SSSR count). The third kappa shape index (κ3) is 2.39. The number of carbonyl (C=O) groups excluding carboxylic acids is 1. The molecule has 1 aromatic heterocycles. The van der Waals surface area contributed by atoms with Crippen molar-refractivity contribution in [3.8, 4) is 0 Å². The minimum Gasteiger partial charge on any atom is -0.465 e. The van der Waals surface area contributed by atoms with Gasteiger partial charge in [-0.25, -0.2) is 9.78 Å². The van der Waals surface area contributed by atoms with Gasteiger partial charge in [-0.05, 0) is 31.7 Å². The third-order valence-corrected chi connectivity index (χ3v) is 3.62. The second-order valence-corrected chi connectivity index (χ2v) is 4.74. The molecule has 5 heteroatoms. The van der Waals surface area contributed by atoms with Gasteiger partial charge in [-0.1, -0.05) is 6.42 Å². The number of pyridine rings is 1. The van der Waals surface area contributed by atoms with Gasteiger partial charge in [0.1, 0.15) is 5.82 Å². The van der Waals surface area contributed by atoms with E-state index in [0.29, 0.717) is 29.0 Å². The summed E-state index contributed by atoms with van der Waals surface area (Å²) in [4.78, 5) is 15.7. The highest BCUT2D eigenvalue weighted by Gasteiger charge is 2.25. The first kappa shape index (κ1) is 12.7. The molecule has 18 heavy (non-hydrogen) atoms. The molecule has 0 radical (unpaired) electrons. The molecule has 1 heterocycles. The Morgan fingerprint density at radius 3 is 2.89 bits per heavy atom. The van der Waals surface area contributed by atoms with Crippen LogP contribution in [0.1, 0.15) is 36.5 Å². The zero-order valence-corrected chi connectivity index (χ0v) is 10.8. The number of nitrogens with one attached hydrogen (secondary N) is 1. The van der Waals surface area contributed by atoms with Crippen LogP contribution in [0.2, 0.25) is 0 Å². The summed E-state index contributed by atoms with van der Waals surface area (Å²) in [6.07, 6.45) is 5.34. The summed E-state index contributed by atoms with van der Waals surface area (Å²) in [6.45, 7) is 2.12. The van der Waals surface area contributed by atoms with Gasteiger partial charge in [-0.2, -0.15) is 0 Å². The van der Waals surface area contributed by atoms with E-state index in [1.165, 1.54) is 26.4 Å². The van der Waals surface area contributed by atoms with Crippen LogP contribution in [-0.2, 0) is 4.74 Å². The lowest BCUT2D eigenvalue weighted by molar-refractivity contribution is 0.0602. The lowest BCUT2D eigenvalue weighted by Crippen LogP contribution is -2.31. The minimum absolute atomic E-state index is 0.321. The van der Waals surface area contributed by atoms with Gasteiger partial charge in [-0.3, -0.25) is 0 Å². The Hall–Kier alpha value is -1.78. The van der Waals surface area contributed by atoms with E-state index in [1.54, 1.807) is 12.3 Å². The first-order chi connectivity index (χ1) is 8.63. The highest BCUT2D eigenvalue weighted by atomic mass is 16.5. The largest absolute Gasteiger partial charge is 0.465 e. The van der Waals surface area contributed by atoms with E-state index in [9.17, 15) is 4.79 Å². The van der Waals surface area contributed by atoms with Crippen molar-refractivity contribution >= 4 is 17.5 Å². The fourth-order valence-corrected chi connectivity index (χ4v) is 2.15. The number of hydrogen-bond donors (Lipinski definition) is 2. The molecule has 98 valence electrons. The zero-order valence-electron chi connectivity index (χ0n) is 10.8. The van der Waals surface area contributed by atoms with Gasteiger partial charge < -0.3 is 15.8 Å². The Bertz CT molecular complexity index is 444. The lowest BCUT2D eigenvalue weighted by atomic mass is 9.80. The molecule has 0 amide bonds. The molecule has 0 aliphatic heterocycles. The summed E-state index contributed by atoms with van der Waals surface area (Å²) in [5, 5.41) is 3.29. The number of esters is 1. The molecule has 1 aromatic rings. The highest BCUT2D eigenvalue weighted by Crippen LogP contribution is 2.32. The summed E-state index contributed by atoms with van der Waals surface area (Å²) in [5.74, 6) is 0.805. The van der Waals surface area contributed by atoms with Crippen molar-refractivity contribution in [1.29, 1.82) is 0 Å². The number of methoxy groups -OCH3 is 1. The maximum absolute atomic E-state index is 11.5. The fraction of sp³-hybridized carbons (Fsp3) is 0.538. The van der Waals surface area contributed by atoms with Gasteiger partial charge in [0.2, 0.25) is 0 Å². The third-order valence-electron chi connectivity index (χ3n) is 3.62. The second kappa shape index (κ2) is 5.25. The summed E-state index contributed by atoms with van der Waals surface area (Å²) in [6, 6.07) is 1.89. The van der Waals surface area contributed by atoms with Crippen molar-refractivity contribution in [2.75, 3.05) is 18.2 Å². The van der Waals surface area contributed by atoms with Crippen molar-refractivity contribution in [2.45, 2.75) is 32.2 Å². The Balaban J connectivity index is 2.15. The number of nitrogens with two attached hydrogens (primary N) is 1. The van der Waals surface area contributed by atoms with Gasteiger partial charge in [0, 0.05) is 12.2 Å². The summed E-state index contributed by atoms with van der Waals surface area (Å²) in [5.41, 5.74) is 6.66. The van der Waals surface area contributed by atoms with Crippen molar-refractivity contribution in [2.24, 2.45) is 5.92 Å². The van der Waals surface area contributed by atoms with Gasteiger partial charge in [0.15, 0.2) is 0 Å². The van der Waals surface area contributed by atoms with E-state index in [0.717, 1.165) is 0 Å². The van der Waals surface area contributed by atoms with Crippen LogP contribution < -0.4 is 11.1 Å². The Morgan fingerprint density at radius 2 is 2.33 bits per heavy atom. The number of carbonyl (C=O) groups is 1. The lowest BCUT2D eigenvalue weighted by Gasteiger charge is -2.32. The minimum atomic E-state index is -0.436. The van der Waals surface area contributed by atoms with Crippen molar-refractivity contribution < 1.29 is 9.53 Å². The standard InChI is InChI=1S/C13H19N3O2/c1-8(9-4-3-5-9)16-12-11(14)10(6-7-15-12)13(17)18-2/h6-9H,3-5,14H2,1-2H3,(H,15,16). The number of ether oxygens (including phenoxy) is 1. The summed E-state index contributed by atoms with van der Waals surface area (Å²) in [7, 11) is 1.34. The maximum Gasteiger partial charge on any atom is 0.340 e. The Kier molecular flexibility index (Phi) is 3.69. The van der Waals surface area contributed by atoms with Crippen LogP contribution in [0.15, 0.2) is 12.3 Å². The van der Waals surface area contributed by atoms with Gasteiger partial charge in [0.25, 0.3) is 0 Å². The molecule has 1 unspecified atom stereocenters. The number of aromatic nitrogens is 1. The molecule has 1 fully saturated rings. The smallest absolute Gasteiger partial charge is 0.340 e. The summed E-state index contributed by atoms with van der Waals surface area (Å²) >= 11 is 0. The Morgan fingerprint density at radius 1 is 1.61 bits per heavy atom. The van der Waals surface area contributed by atoms with Crippen LogP contribution in [0.4, 0.5) is 11.5 Å². The number of nitrogen functional groups attached to an aromatic ring is 1. The SMILES string of the molecule is COC(=O)c1ccnc(NC(C)C2CCC2)c1N. The molecule has 1 atom stereocenters. The van der Waals surface area contributed by atoms with Crippen molar-refractivity contribution in [3.05, 3.63) is 17.8 Å². The molecule has 3 N–H and O–H groups in total. The van der Waals surface area contributed by atoms with Crippen LogP contribution in [0.25, 0.3) is 0 Å². The molecule has 0 saturated heterocycles. The number of rotatable bonds is 4. The first-order valence-electron chi connectivity index (χ1n) is 6.22. The molecular weight excluding hydrogens is 230 g/mol. The average molecular weight is 249 g/mol. The zero-order chi connectivity index (χ0) is 13.1. The maximum atomic E-state index is 11.5. The van der Waals surface area contributed by atoms with E-state index < -0.39 is 5.97 Å². The summed E-state index contributed by atoms with van der Waals surface area (Å²) < 4.78 is 4.68. The molecule has 1 aliphatic carbocycles. The van der Waals surface area contributed by atoms with E-state index in [1.807, 2.05) is 0 Å². The van der Waals surface area contributed by atoms with Crippen LogP contribution >= 0.6 is 0 Å². The fourth-order valence-electron chi connectivity index (χ4n) is 2.15. The van der Waals surface area contributed by atoms with Crippen molar-refractivity contribution in [3.63, 3.8) is 0 Å². The Labute approximate surface area is 107 Å². The van der Waals surface area contributed by atoms with E-state index in [-0.39, 0.29) is 0 Å². The number of hydrogen-bond acceptors (Lipinski definition) is 5. The quantitative estimate of drug-likeness (QED) is 0.798. The molecule has 1 saturated carbocycles. The average Bonchev–Trinajstić information content (AvgIpc) is 2.28. The monoisotopic (exact) mass is 249 g/mol. The molecule has 5 nitrogen and oxygen atoms in total. The number of anilines is 2. The van der Waals surface area contributed by atoms with Crippen LogP contribution in [-0.4, -0.2) is 24.1 Å². The van der Waals surface area contributed by atoms with Crippen LogP contribution in [0.5, 0.6) is 0 Å².